The van der Waals surface area contributed by atoms with Crippen LogP contribution < -0.4 is 0 Å². The lowest BCUT2D eigenvalue weighted by Gasteiger charge is -2.12. The molecule has 114 valence electrons. The molecular formula is C18H19NO3. The van der Waals surface area contributed by atoms with Gasteiger partial charge in [0.1, 0.15) is 0 Å². The van der Waals surface area contributed by atoms with Crippen LogP contribution in [0, 0.1) is 6.92 Å². The number of esters is 1. The van der Waals surface area contributed by atoms with Crippen LogP contribution >= 0.6 is 0 Å². The van der Waals surface area contributed by atoms with E-state index >= 15 is 0 Å². The van der Waals surface area contributed by atoms with E-state index < -0.39 is 0 Å². The number of amides is 1. The molecular weight excluding hydrogens is 278 g/mol. The average Bonchev–Trinajstić information content (AvgIpc) is 2.53. The molecule has 22 heavy (non-hydrogen) atoms. The minimum atomic E-state index is -0.346. The Labute approximate surface area is 130 Å². The zero-order valence-corrected chi connectivity index (χ0v) is 13.2. The molecule has 1 amide bonds. The second kappa shape index (κ2) is 6.43. The van der Waals surface area contributed by atoms with Gasteiger partial charge in [0, 0.05) is 19.7 Å². The number of rotatable bonds is 3. The number of aryl methyl sites for hydroxylation is 1. The summed E-state index contributed by atoms with van der Waals surface area (Å²) in [7, 11) is 4.82. The van der Waals surface area contributed by atoms with Gasteiger partial charge in [-0.25, -0.2) is 4.79 Å². The molecule has 0 fully saturated rings. The van der Waals surface area contributed by atoms with Crippen molar-refractivity contribution >= 4 is 11.9 Å². The molecule has 2 aromatic carbocycles. The Morgan fingerprint density at radius 1 is 0.955 bits per heavy atom. The van der Waals surface area contributed by atoms with E-state index in [2.05, 4.69) is 0 Å². The van der Waals surface area contributed by atoms with Gasteiger partial charge in [0.15, 0.2) is 0 Å². The minimum absolute atomic E-state index is 0.0238. The summed E-state index contributed by atoms with van der Waals surface area (Å²) in [4.78, 5) is 25.0. The number of benzene rings is 2. The van der Waals surface area contributed by atoms with Crippen molar-refractivity contribution in [3.05, 3.63) is 59.2 Å². The third kappa shape index (κ3) is 3.17. The van der Waals surface area contributed by atoms with Crippen LogP contribution in [-0.2, 0) is 4.74 Å². The third-order valence-corrected chi connectivity index (χ3v) is 3.50. The Hall–Kier alpha value is -2.62. The maximum atomic E-state index is 11.9. The number of hydrogen-bond donors (Lipinski definition) is 0. The first kappa shape index (κ1) is 15.8. The van der Waals surface area contributed by atoms with E-state index in [1.54, 1.807) is 31.1 Å². The minimum Gasteiger partial charge on any atom is -0.465 e. The van der Waals surface area contributed by atoms with Crippen LogP contribution in [0.2, 0.25) is 0 Å². The lowest BCUT2D eigenvalue weighted by molar-refractivity contribution is 0.0600. The number of ether oxygens (including phenoxy) is 1. The number of carbonyl (C=O) groups is 2. The normalized spacial score (nSPS) is 10.2. The zero-order chi connectivity index (χ0) is 16.3. The number of hydrogen-bond acceptors (Lipinski definition) is 3. The molecule has 4 nitrogen and oxygen atoms in total. The first-order valence-corrected chi connectivity index (χ1v) is 6.95. The van der Waals surface area contributed by atoms with Crippen molar-refractivity contribution in [2.75, 3.05) is 21.2 Å². The van der Waals surface area contributed by atoms with E-state index in [4.69, 9.17) is 4.74 Å². The summed E-state index contributed by atoms with van der Waals surface area (Å²) in [5.74, 6) is -0.370. The Kier molecular flexibility index (Phi) is 4.61. The predicted octanol–water partition coefficient (Wildman–Crippen LogP) is 3.15. The Balaban J connectivity index is 2.33. The summed E-state index contributed by atoms with van der Waals surface area (Å²) in [6, 6.07) is 12.9. The van der Waals surface area contributed by atoms with Gasteiger partial charge in [-0.2, -0.15) is 0 Å². The highest BCUT2D eigenvalue weighted by molar-refractivity contribution is 5.94. The Morgan fingerprint density at radius 2 is 1.55 bits per heavy atom. The van der Waals surface area contributed by atoms with Gasteiger partial charge < -0.3 is 9.64 Å². The van der Waals surface area contributed by atoms with Crippen molar-refractivity contribution in [2.45, 2.75) is 6.92 Å². The molecule has 2 rings (SSSR count). The van der Waals surface area contributed by atoms with E-state index in [9.17, 15) is 9.59 Å². The third-order valence-electron chi connectivity index (χ3n) is 3.50. The molecule has 4 heteroatoms. The Morgan fingerprint density at radius 3 is 2.05 bits per heavy atom. The second-order valence-corrected chi connectivity index (χ2v) is 5.30. The van der Waals surface area contributed by atoms with Crippen molar-refractivity contribution in [1.29, 1.82) is 0 Å². The number of nitrogens with zero attached hydrogens (tertiary/aromatic N) is 1. The fraction of sp³-hybridized carbons (Fsp3) is 0.222. The largest absolute Gasteiger partial charge is 0.465 e. The van der Waals surface area contributed by atoms with Gasteiger partial charge in [0.2, 0.25) is 0 Å². The van der Waals surface area contributed by atoms with Crippen molar-refractivity contribution in [1.82, 2.24) is 4.90 Å². The van der Waals surface area contributed by atoms with Gasteiger partial charge in [-0.1, -0.05) is 18.2 Å². The topological polar surface area (TPSA) is 46.6 Å². The molecule has 0 heterocycles. The molecule has 0 aliphatic carbocycles. The maximum absolute atomic E-state index is 11.9. The van der Waals surface area contributed by atoms with Crippen molar-refractivity contribution in [3.63, 3.8) is 0 Å². The SMILES string of the molecule is COC(=O)c1ccc(-c2ccc(C(=O)N(C)C)cc2)c(C)c1. The Bertz CT molecular complexity index is 703. The molecule has 0 bridgehead atoms. The summed E-state index contributed by atoms with van der Waals surface area (Å²) in [6.07, 6.45) is 0. The van der Waals surface area contributed by atoms with E-state index in [1.807, 2.05) is 37.3 Å². The molecule has 0 unspecified atom stereocenters. The lowest BCUT2D eigenvalue weighted by Crippen LogP contribution is -2.21. The molecule has 0 aliphatic heterocycles. The smallest absolute Gasteiger partial charge is 0.337 e. The summed E-state index contributed by atoms with van der Waals surface area (Å²) in [6.45, 7) is 1.95. The second-order valence-electron chi connectivity index (χ2n) is 5.30. The van der Waals surface area contributed by atoms with Crippen LogP contribution in [0.4, 0.5) is 0 Å². The van der Waals surface area contributed by atoms with Crippen molar-refractivity contribution in [2.24, 2.45) is 0 Å². The van der Waals surface area contributed by atoms with E-state index in [0.717, 1.165) is 16.7 Å². The highest BCUT2D eigenvalue weighted by Gasteiger charge is 2.11. The maximum Gasteiger partial charge on any atom is 0.337 e. The van der Waals surface area contributed by atoms with Gasteiger partial charge in [0.25, 0.3) is 5.91 Å². The van der Waals surface area contributed by atoms with Gasteiger partial charge in [0.05, 0.1) is 12.7 Å². The van der Waals surface area contributed by atoms with Crippen LogP contribution in [-0.4, -0.2) is 38.0 Å². The lowest BCUT2D eigenvalue weighted by atomic mass is 9.97. The van der Waals surface area contributed by atoms with E-state index in [-0.39, 0.29) is 11.9 Å². The van der Waals surface area contributed by atoms with Gasteiger partial charge in [-0.05, 0) is 47.9 Å². The molecule has 0 N–H and O–H groups in total. The summed E-state index contributed by atoms with van der Waals surface area (Å²) in [5.41, 5.74) is 4.19. The van der Waals surface area contributed by atoms with Crippen molar-refractivity contribution < 1.29 is 14.3 Å². The quantitative estimate of drug-likeness (QED) is 0.818. The van der Waals surface area contributed by atoms with Crippen LogP contribution in [0.15, 0.2) is 42.5 Å². The number of methoxy groups -OCH3 is 1. The zero-order valence-electron chi connectivity index (χ0n) is 13.2. The highest BCUT2D eigenvalue weighted by Crippen LogP contribution is 2.25. The van der Waals surface area contributed by atoms with Gasteiger partial charge >= 0.3 is 5.97 Å². The first-order valence-electron chi connectivity index (χ1n) is 6.95. The number of carbonyl (C=O) groups excluding carboxylic acids is 2. The van der Waals surface area contributed by atoms with Gasteiger partial charge in [-0.3, -0.25) is 4.79 Å². The molecule has 0 radical (unpaired) electrons. The van der Waals surface area contributed by atoms with Crippen molar-refractivity contribution in [3.8, 4) is 11.1 Å². The van der Waals surface area contributed by atoms with Crippen LogP contribution in [0.5, 0.6) is 0 Å². The molecule has 0 atom stereocenters. The molecule has 0 saturated heterocycles. The molecule has 0 spiro atoms. The highest BCUT2D eigenvalue weighted by atomic mass is 16.5. The van der Waals surface area contributed by atoms with Gasteiger partial charge in [-0.15, -0.1) is 0 Å². The fourth-order valence-electron chi connectivity index (χ4n) is 2.28. The fourth-order valence-corrected chi connectivity index (χ4v) is 2.28. The molecule has 0 aromatic heterocycles. The standard InChI is InChI=1S/C18H19NO3/c1-12-11-15(18(21)22-4)9-10-16(12)13-5-7-14(8-6-13)17(20)19(2)3/h5-11H,1-4H3. The molecule has 2 aromatic rings. The first-order chi connectivity index (χ1) is 10.4. The average molecular weight is 297 g/mol. The monoisotopic (exact) mass is 297 g/mol. The van der Waals surface area contributed by atoms with Crippen LogP contribution in [0.3, 0.4) is 0 Å². The van der Waals surface area contributed by atoms with Crippen LogP contribution in [0.1, 0.15) is 26.3 Å². The molecule has 0 saturated carbocycles. The van der Waals surface area contributed by atoms with E-state index in [1.165, 1.54) is 7.11 Å². The predicted molar refractivity (Wildman–Crippen MR) is 86.0 cm³/mol. The summed E-state index contributed by atoms with van der Waals surface area (Å²) in [5, 5.41) is 0. The molecule has 0 aliphatic rings. The summed E-state index contributed by atoms with van der Waals surface area (Å²) < 4.78 is 4.72. The summed E-state index contributed by atoms with van der Waals surface area (Å²) >= 11 is 0. The van der Waals surface area contributed by atoms with E-state index in [0.29, 0.717) is 11.1 Å². The van der Waals surface area contributed by atoms with Crippen LogP contribution in [0.25, 0.3) is 11.1 Å².